The van der Waals surface area contributed by atoms with Gasteiger partial charge in [0.15, 0.2) is 0 Å². The van der Waals surface area contributed by atoms with Gasteiger partial charge in [-0.15, -0.1) is 0 Å². The molecule has 1 aromatic rings. The minimum absolute atomic E-state index is 0.133. The third-order valence-corrected chi connectivity index (χ3v) is 4.96. The van der Waals surface area contributed by atoms with Gasteiger partial charge in [0.05, 0.1) is 0 Å². The summed E-state index contributed by atoms with van der Waals surface area (Å²) in [5.74, 6) is 0. The topological polar surface area (TPSA) is 18.5 Å². The van der Waals surface area contributed by atoms with Crippen LogP contribution in [0, 0.1) is 0 Å². The number of aryl methyl sites for hydroxylation is 1. The normalized spacial score (nSPS) is 26.3. The van der Waals surface area contributed by atoms with Gasteiger partial charge in [-0.25, -0.2) is 0 Å². The van der Waals surface area contributed by atoms with Crippen LogP contribution >= 0.6 is 23.2 Å². The van der Waals surface area contributed by atoms with Crippen LogP contribution in [0.2, 0.25) is 0 Å². The molecule has 1 N–H and O–H groups in total. The van der Waals surface area contributed by atoms with Gasteiger partial charge in [0.2, 0.25) is 0 Å². The fourth-order valence-electron chi connectivity index (χ4n) is 3.06. The van der Waals surface area contributed by atoms with Crippen molar-refractivity contribution < 1.29 is 0 Å². The van der Waals surface area contributed by atoms with Gasteiger partial charge < -0.3 is 15.1 Å². The molecule has 1 aromatic carbocycles. The fourth-order valence-corrected chi connectivity index (χ4v) is 3.57. The molecule has 0 aromatic heterocycles. The summed E-state index contributed by atoms with van der Waals surface area (Å²) in [6.07, 6.45) is 2.24. The molecule has 0 amide bonds. The zero-order valence-corrected chi connectivity index (χ0v) is 12.5. The van der Waals surface area contributed by atoms with E-state index in [1.54, 1.807) is 0 Å². The van der Waals surface area contributed by atoms with Crippen molar-refractivity contribution in [2.75, 3.05) is 19.0 Å². The van der Waals surface area contributed by atoms with E-state index in [0.717, 1.165) is 18.5 Å². The third kappa shape index (κ3) is 1.92. The highest BCUT2D eigenvalue weighted by Crippen LogP contribution is 2.42. The van der Waals surface area contributed by atoms with Crippen molar-refractivity contribution in [2.45, 2.75) is 25.0 Å². The van der Waals surface area contributed by atoms with Crippen molar-refractivity contribution in [3.63, 3.8) is 0 Å². The van der Waals surface area contributed by atoms with Gasteiger partial charge in [-0.3, -0.25) is 0 Å². The van der Waals surface area contributed by atoms with E-state index < -0.39 is 0 Å². The Hall–Kier alpha value is -0.900. The number of fused-ring (bicyclic) bond motifs is 3. The van der Waals surface area contributed by atoms with E-state index in [9.17, 15) is 0 Å². The molecular formula is C14H17Cl2N3. The SMILES string of the molecule is CNC1CCc2ccccc2N2C(Cl)=C(Cl)N(C)C12. The largest absolute Gasteiger partial charge is 0.341 e. The number of hydrogen-bond donors (Lipinski definition) is 1. The number of anilines is 1. The number of benzene rings is 1. The molecule has 0 fully saturated rings. The Morgan fingerprint density at radius 2 is 1.95 bits per heavy atom. The van der Waals surface area contributed by atoms with Crippen LogP contribution in [0.1, 0.15) is 12.0 Å². The molecule has 2 aliphatic rings. The highest BCUT2D eigenvalue weighted by Gasteiger charge is 2.42. The first-order valence-corrected chi connectivity index (χ1v) is 7.23. The second-order valence-corrected chi connectivity index (χ2v) is 5.75. The van der Waals surface area contributed by atoms with Crippen LogP contribution in [-0.4, -0.2) is 31.2 Å². The number of halogens is 2. The third-order valence-electron chi connectivity index (χ3n) is 4.06. The number of likely N-dealkylation sites (N-methyl/N-ethyl adjacent to an activating group) is 2. The van der Waals surface area contributed by atoms with Crippen LogP contribution in [0.5, 0.6) is 0 Å². The maximum Gasteiger partial charge on any atom is 0.146 e. The first-order chi connectivity index (χ1) is 9.15. The molecule has 102 valence electrons. The van der Waals surface area contributed by atoms with Crippen LogP contribution in [-0.2, 0) is 6.42 Å². The first-order valence-electron chi connectivity index (χ1n) is 6.47. The van der Waals surface area contributed by atoms with Crippen molar-refractivity contribution in [1.82, 2.24) is 10.2 Å². The average Bonchev–Trinajstić information content (AvgIpc) is 2.60. The number of nitrogens with zero attached hydrogens (tertiary/aromatic N) is 2. The number of para-hydroxylation sites is 1. The lowest BCUT2D eigenvalue weighted by atomic mass is 10.1. The molecule has 2 atom stereocenters. The second kappa shape index (κ2) is 4.89. The molecule has 2 aliphatic heterocycles. The highest BCUT2D eigenvalue weighted by molar-refractivity contribution is 6.40. The van der Waals surface area contributed by atoms with Gasteiger partial charge in [0.25, 0.3) is 0 Å². The number of rotatable bonds is 1. The molecule has 5 heteroatoms. The molecule has 19 heavy (non-hydrogen) atoms. The predicted octanol–water partition coefficient (Wildman–Crippen LogP) is 2.90. The van der Waals surface area contributed by atoms with Crippen molar-refractivity contribution in [3.05, 3.63) is 40.1 Å². The lowest BCUT2D eigenvalue weighted by molar-refractivity contribution is 0.272. The van der Waals surface area contributed by atoms with Crippen LogP contribution in [0.3, 0.4) is 0 Å². The molecule has 3 rings (SSSR count). The van der Waals surface area contributed by atoms with Gasteiger partial charge in [0, 0.05) is 18.8 Å². The van der Waals surface area contributed by atoms with Crippen LogP contribution < -0.4 is 10.2 Å². The summed E-state index contributed by atoms with van der Waals surface area (Å²) in [7, 11) is 3.99. The molecule has 0 radical (unpaired) electrons. The summed E-state index contributed by atoms with van der Waals surface area (Å²) >= 11 is 12.8. The maximum absolute atomic E-state index is 6.46. The Morgan fingerprint density at radius 1 is 1.21 bits per heavy atom. The van der Waals surface area contributed by atoms with Gasteiger partial charge >= 0.3 is 0 Å². The average molecular weight is 298 g/mol. The van der Waals surface area contributed by atoms with Crippen LogP contribution in [0.4, 0.5) is 5.69 Å². The van der Waals surface area contributed by atoms with E-state index in [1.165, 1.54) is 5.56 Å². The summed E-state index contributed by atoms with van der Waals surface area (Å²) in [5, 5.41) is 4.62. The first kappa shape index (κ1) is 13.1. The quantitative estimate of drug-likeness (QED) is 0.804. The van der Waals surface area contributed by atoms with E-state index in [-0.39, 0.29) is 6.17 Å². The van der Waals surface area contributed by atoms with Gasteiger partial charge in [-0.1, -0.05) is 41.4 Å². The van der Waals surface area contributed by atoms with Crippen molar-refractivity contribution in [3.8, 4) is 0 Å². The summed E-state index contributed by atoms with van der Waals surface area (Å²) < 4.78 is 0. The summed E-state index contributed by atoms with van der Waals surface area (Å²) in [6.45, 7) is 0. The summed E-state index contributed by atoms with van der Waals surface area (Å²) in [4.78, 5) is 4.19. The summed E-state index contributed by atoms with van der Waals surface area (Å²) in [6, 6.07) is 8.73. The molecule has 0 aliphatic carbocycles. The standard InChI is InChI=1S/C14H17Cl2N3/c1-17-10-8-7-9-5-3-4-6-11(9)19-13(16)12(15)18(2)14(10)19/h3-6,10,14,17H,7-8H2,1-2H3. The highest BCUT2D eigenvalue weighted by atomic mass is 35.5. The minimum atomic E-state index is 0.133. The molecule has 2 unspecified atom stereocenters. The van der Waals surface area contributed by atoms with Gasteiger partial charge in [-0.05, 0) is 31.5 Å². The molecule has 3 nitrogen and oxygen atoms in total. The van der Waals surface area contributed by atoms with Crippen molar-refractivity contribution in [1.29, 1.82) is 0 Å². The molecule has 0 spiro atoms. The Balaban J connectivity index is 2.14. The van der Waals surface area contributed by atoms with E-state index in [2.05, 4.69) is 28.4 Å². The Kier molecular flexibility index (Phi) is 3.37. The number of hydrogen-bond acceptors (Lipinski definition) is 3. The fraction of sp³-hybridized carbons (Fsp3) is 0.429. The van der Waals surface area contributed by atoms with Crippen LogP contribution in [0.25, 0.3) is 0 Å². The van der Waals surface area contributed by atoms with Gasteiger partial charge in [-0.2, -0.15) is 0 Å². The second-order valence-electron chi connectivity index (χ2n) is 5.04. The smallest absolute Gasteiger partial charge is 0.146 e. The minimum Gasteiger partial charge on any atom is -0.341 e. The molecule has 0 bridgehead atoms. The van der Waals surface area contributed by atoms with E-state index in [4.69, 9.17) is 23.2 Å². The predicted molar refractivity (Wildman–Crippen MR) is 80.4 cm³/mol. The Bertz CT molecular complexity index is 529. The number of nitrogens with one attached hydrogen (secondary N) is 1. The zero-order chi connectivity index (χ0) is 13.6. The summed E-state index contributed by atoms with van der Waals surface area (Å²) in [5.41, 5.74) is 2.49. The van der Waals surface area contributed by atoms with E-state index in [1.807, 2.05) is 25.1 Å². The van der Waals surface area contributed by atoms with Crippen LogP contribution in [0.15, 0.2) is 34.6 Å². The monoisotopic (exact) mass is 297 g/mol. The van der Waals surface area contributed by atoms with Crippen molar-refractivity contribution >= 4 is 28.9 Å². The van der Waals surface area contributed by atoms with E-state index >= 15 is 0 Å². The molecule has 0 saturated heterocycles. The Morgan fingerprint density at radius 3 is 2.68 bits per heavy atom. The van der Waals surface area contributed by atoms with E-state index in [0.29, 0.717) is 16.4 Å². The van der Waals surface area contributed by atoms with Gasteiger partial charge in [0.1, 0.15) is 16.5 Å². The Labute approximate surface area is 123 Å². The molecule has 2 heterocycles. The molecule has 0 saturated carbocycles. The molecular weight excluding hydrogens is 281 g/mol. The lowest BCUT2D eigenvalue weighted by Crippen LogP contribution is -2.51. The maximum atomic E-state index is 6.46. The zero-order valence-electron chi connectivity index (χ0n) is 11.0. The van der Waals surface area contributed by atoms with Crippen molar-refractivity contribution in [2.24, 2.45) is 0 Å². The lowest BCUT2D eigenvalue weighted by Gasteiger charge is -2.35.